The van der Waals surface area contributed by atoms with Gasteiger partial charge < -0.3 is 4.42 Å². The second-order valence-corrected chi connectivity index (χ2v) is 5.99. The van der Waals surface area contributed by atoms with Crippen molar-refractivity contribution in [2.24, 2.45) is 0 Å². The molecule has 3 aromatic rings. The first-order valence-electron chi connectivity index (χ1n) is 6.52. The summed E-state index contributed by atoms with van der Waals surface area (Å²) >= 11 is 1.72. The minimum Gasteiger partial charge on any atom is -0.463 e. The number of hydrogen-bond donors (Lipinski definition) is 0. The summed E-state index contributed by atoms with van der Waals surface area (Å²) in [5.74, 6) is 1.42. The van der Waals surface area contributed by atoms with Gasteiger partial charge in [0.25, 0.3) is 0 Å². The molecular formula is C17H12O2S. The van der Waals surface area contributed by atoms with Crippen LogP contribution in [-0.2, 0) is 5.75 Å². The maximum absolute atomic E-state index is 12.2. The lowest BCUT2D eigenvalue weighted by Crippen LogP contribution is -2.14. The molecule has 1 aliphatic heterocycles. The summed E-state index contributed by atoms with van der Waals surface area (Å²) in [4.78, 5) is 13.4. The van der Waals surface area contributed by atoms with Crippen LogP contribution in [0.15, 0.2) is 56.8 Å². The Morgan fingerprint density at radius 2 is 2.00 bits per heavy atom. The van der Waals surface area contributed by atoms with E-state index in [4.69, 9.17) is 4.42 Å². The molecule has 0 atom stereocenters. The van der Waals surface area contributed by atoms with Crippen molar-refractivity contribution in [1.29, 1.82) is 0 Å². The molecule has 1 aromatic heterocycles. The monoisotopic (exact) mass is 280 g/mol. The van der Waals surface area contributed by atoms with E-state index in [-0.39, 0.29) is 5.43 Å². The second-order valence-electron chi connectivity index (χ2n) is 5.01. The first kappa shape index (κ1) is 11.8. The van der Waals surface area contributed by atoms with Gasteiger partial charge in [-0.3, -0.25) is 4.79 Å². The minimum absolute atomic E-state index is 0.109. The summed E-state index contributed by atoms with van der Waals surface area (Å²) in [5, 5.41) is 2.44. The fourth-order valence-electron chi connectivity index (χ4n) is 2.69. The maximum Gasteiger partial charge on any atom is 0.192 e. The molecule has 0 amide bonds. The Kier molecular flexibility index (Phi) is 2.51. The summed E-state index contributed by atoms with van der Waals surface area (Å²) in [6.45, 7) is 1.80. The van der Waals surface area contributed by atoms with Gasteiger partial charge in [-0.15, -0.1) is 11.8 Å². The van der Waals surface area contributed by atoms with Crippen molar-refractivity contribution in [1.82, 2.24) is 0 Å². The normalized spacial score (nSPS) is 13.1. The van der Waals surface area contributed by atoms with E-state index >= 15 is 0 Å². The zero-order valence-electron chi connectivity index (χ0n) is 11.0. The number of rotatable bonds is 0. The minimum atomic E-state index is 0.109. The molecular weight excluding hydrogens is 268 g/mol. The predicted molar refractivity (Wildman–Crippen MR) is 82.2 cm³/mol. The lowest BCUT2D eigenvalue weighted by Gasteiger charge is -2.19. The van der Waals surface area contributed by atoms with Crippen LogP contribution in [0.2, 0.25) is 0 Å². The van der Waals surface area contributed by atoms with Crippen molar-refractivity contribution < 1.29 is 4.42 Å². The van der Waals surface area contributed by atoms with Gasteiger partial charge >= 0.3 is 0 Å². The van der Waals surface area contributed by atoms with Crippen molar-refractivity contribution >= 4 is 22.5 Å². The van der Waals surface area contributed by atoms with Gasteiger partial charge in [-0.1, -0.05) is 30.3 Å². The quantitative estimate of drug-likeness (QED) is 0.612. The predicted octanol–water partition coefficient (Wildman–Crippen LogP) is 4.37. The van der Waals surface area contributed by atoms with Gasteiger partial charge in [-0.25, -0.2) is 0 Å². The summed E-state index contributed by atoms with van der Waals surface area (Å²) in [6.07, 6.45) is 1.57. The highest BCUT2D eigenvalue weighted by Crippen LogP contribution is 2.44. The molecule has 4 rings (SSSR count). The number of hydrogen-bond acceptors (Lipinski definition) is 3. The van der Waals surface area contributed by atoms with Crippen molar-refractivity contribution in [3.63, 3.8) is 0 Å². The molecule has 0 bridgehead atoms. The summed E-state index contributed by atoms with van der Waals surface area (Å²) < 4.78 is 5.72. The fourth-order valence-corrected chi connectivity index (χ4v) is 3.90. The van der Waals surface area contributed by atoms with Crippen LogP contribution in [0.4, 0.5) is 0 Å². The third kappa shape index (κ3) is 1.56. The molecule has 0 aliphatic carbocycles. The Morgan fingerprint density at radius 1 is 1.15 bits per heavy atom. The molecule has 0 saturated carbocycles. The van der Waals surface area contributed by atoms with E-state index in [1.807, 2.05) is 12.1 Å². The van der Waals surface area contributed by atoms with Gasteiger partial charge in [0.15, 0.2) is 5.43 Å². The Balaban J connectivity index is 2.09. The highest BCUT2D eigenvalue weighted by Gasteiger charge is 2.23. The smallest absolute Gasteiger partial charge is 0.192 e. The van der Waals surface area contributed by atoms with Gasteiger partial charge in [0.1, 0.15) is 5.76 Å². The average molecular weight is 280 g/mol. The van der Waals surface area contributed by atoms with Crippen LogP contribution >= 0.6 is 11.8 Å². The van der Waals surface area contributed by atoms with Gasteiger partial charge in [0.05, 0.1) is 11.8 Å². The van der Waals surface area contributed by atoms with E-state index in [2.05, 4.69) is 24.3 Å². The lowest BCUT2D eigenvalue weighted by molar-refractivity contribution is 0.552. The highest BCUT2D eigenvalue weighted by atomic mass is 32.2. The Labute approximate surface area is 120 Å². The van der Waals surface area contributed by atoms with Crippen LogP contribution in [0, 0.1) is 6.92 Å². The Hall–Kier alpha value is -2.00. The van der Waals surface area contributed by atoms with Gasteiger partial charge in [-0.2, -0.15) is 0 Å². The van der Waals surface area contributed by atoms with Crippen molar-refractivity contribution in [2.45, 2.75) is 17.6 Å². The molecule has 98 valence electrons. The zero-order chi connectivity index (χ0) is 13.7. The zero-order valence-corrected chi connectivity index (χ0v) is 11.8. The molecule has 0 spiro atoms. The van der Waals surface area contributed by atoms with Crippen molar-refractivity contribution in [3.8, 4) is 11.3 Å². The molecule has 2 nitrogen and oxygen atoms in total. The van der Waals surface area contributed by atoms with Crippen molar-refractivity contribution in [2.75, 3.05) is 0 Å². The Bertz CT molecular complexity index is 893. The number of thioether (sulfide) groups is 1. The Morgan fingerprint density at radius 3 is 2.90 bits per heavy atom. The van der Waals surface area contributed by atoms with E-state index in [1.165, 1.54) is 15.7 Å². The summed E-state index contributed by atoms with van der Waals surface area (Å²) in [7, 11) is 0. The molecule has 3 heteroatoms. The first-order valence-corrected chi connectivity index (χ1v) is 7.50. The maximum atomic E-state index is 12.2. The van der Waals surface area contributed by atoms with Crippen LogP contribution in [0.5, 0.6) is 0 Å². The van der Waals surface area contributed by atoms with E-state index in [0.717, 1.165) is 16.9 Å². The lowest BCUT2D eigenvalue weighted by atomic mass is 10.0. The van der Waals surface area contributed by atoms with Gasteiger partial charge in [-0.05, 0) is 23.8 Å². The van der Waals surface area contributed by atoms with Crippen LogP contribution in [0.25, 0.3) is 22.1 Å². The average Bonchev–Trinajstić information content (AvgIpc) is 2.50. The molecule has 20 heavy (non-hydrogen) atoms. The van der Waals surface area contributed by atoms with Crippen LogP contribution in [-0.4, -0.2) is 0 Å². The highest BCUT2D eigenvalue weighted by molar-refractivity contribution is 7.99. The molecule has 0 fully saturated rings. The molecule has 0 N–H and O–H groups in total. The molecule has 0 unspecified atom stereocenters. The third-order valence-electron chi connectivity index (χ3n) is 3.74. The molecule has 0 radical (unpaired) electrons. The van der Waals surface area contributed by atoms with E-state index in [9.17, 15) is 4.79 Å². The number of aryl methyl sites for hydroxylation is 1. The first-order chi connectivity index (χ1) is 9.75. The van der Waals surface area contributed by atoms with Gasteiger partial charge in [0, 0.05) is 21.8 Å². The van der Waals surface area contributed by atoms with E-state index < -0.39 is 0 Å². The molecule has 1 aliphatic rings. The summed E-state index contributed by atoms with van der Waals surface area (Å²) in [6, 6.07) is 12.5. The van der Waals surface area contributed by atoms with Crippen LogP contribution < -0.4 is 5.43 Å². The SMILES string of the molecule is Cc1coc2c(c1=O)CSc1c-2ccc2ccccc12. The standard InChI is InChI=1S/C17H12O2S/c1-10-8-19-16-13-7-6-11-4-2-3-5-12(11)17(13)20-9-14(16)15(10)18/h2-8H,9H2,1H3. The fraction of sp³-hybridized carbons (Fsp3) is 0.118. The topological polar surface area (TPSA) is 30.2 Å². The number of benzene rings is 2. The number of fused-ring (bicyclic) bond motifs is 5. The van der Waals surface area contributed by atoms with E-state index in [0.29, 0.717) is 11.3 Å². The largest absolute Gasteiger partial charge is 0.463 e. The third-order valence-corrected chi connectivity index (χ3v) is 4.91. The van der Waals surface area contributed by atoms with E-state index in [1.54, 1.807) is 24.9 Å². The van der Waals surface area contributed by atoms with Crippen LogP contribution in [0.1, 0.15) is 11.1 Å². The molecule has 2 aromatic carbocycles. The van der Waals surface area contributed by atoms with Crippen molar-refractivity contribution in [3.05, 3.63) is 64.0 Å². The van der Waals surface area contributed by atoms with Crippen LogP contribution in [0.3, 0.4) is 0 Å². The summed E-state index contributed by atoms with van der Waals surface area (Å²) in [5.41, 5.74) is 2.61. The molecule has 0 saturated heterocycles. The van der Waals surface area contributed by atoms with Gasteiger partial charge in [0.2, 0.25) is 0 Å². The second kappa shape index (κ2) is 4.25. The molecule has 2 heterocycles.